The monoisotopic (exact) mass is 640 g/mol. The van der Waals surface area contributed by atoms with E-state index in [-0.39, 0.29) is 62.6 Å². The molecule has 0 bridgehead atoms. The number of carbonyl (C=O) groups excluding carboxylic acids is 2. The predicted molar refractivity (Wildman–Crippen MR) is 140 cm³/mol. The van der Waals surface area contributed by atoms with Crippen molar-refractivity contribution in [1.29, 1.82) is 0 Å². The summed E-state index contributed by atoms with van der Waals surface area (Å²) in [6.45, 7) is 0. The van der Waals surface area contributed by atoms with E-state index in [1.165, 1.54) is 39.5 Å². The molecule has 1 N–H and O–H groups in total. The molecule has 0 spiro atoms. The van der Waals surface area contributed by atoms with Crippen molar-refractivity contribution in [2.75, 3.05) is 21.3 Å². The second-order valence-electron chi connectivity index (χ2n) is 6.81. The number of halogens is 4. The van der Waals surface area contributed by atoms with E-state index in [0.29, 0.717) is 15.6 Å². The van der Waals surface area contributed by atoms with Gasteiger partial charge in [0, 0.05) is 38.2 Å². The SMILES string of the molecule is C.C.COC(=O)CCC(OC)(OC)c1ccc(F)c(Br)c1.O=C(O)CCC(=O)c1ccc(F)c(Br)c1. The molecule has 0 fully saturated rings. The minimum Gasteiger partial charge on any atom is -0.481 e. The van der Waals surface area contributed by atoms with Crippen LogP contribution in [0.15, 0.2) is 45.3 Å². The molecule has 36 heavy (non-hydrogen) atoms. The van der Waals surface area contributed by atoms with E-state index >= 15 is 0 Å². The first-order valence-electron chi connectivity index (χ1n) is 9.82. The van der Waals surface area contributed by atoms with Crippen LogP contribution in [0.1, 0.15) is 56.5 Å². The minimum atomic E-state index is -1.11. The summed E-state index contributed by atoms with van der Waals surface area (Å²) in [5.74, 6) is -3.63. The van der Waals surface area contributed by atoms with Crippen LogP contribution in [0.2, 0.25) is 0 Å². The Bertz CT molecular complexity index is 1010. The second-order valence-corrected chi connectivity index (χ2v) is 8.52. The Morgan fingerprint density at radius 1 is 0.861 bits per heavy atom. The van der Waals surface area contributed by atoms with Crippen LogP contribution in [0, 0.1) is 11.6 Å². The molecule has 0 heterocycles. The summed E-state index contributed by atoms with van der Waals surface area (Å²) in [7, 11) is 4.26. The van der Waals surface area contributed by atoms with Crippen LogP contribution >= 0.6 is 31.9 Å². The fourth-order valence-corrected chi connectivity index (χ4v) is 3.56. The number of benzene rings is 2. The first-order chi connectivity index (χ1) is 16.0. The zero-order chi connectivity index (χ0) is 25.9. The number of carboxylic acid groups (broad SMARTS) is 1. The van der Waals surface area contributed by atoms with Gasteiger partial charge < -0.3 is 19.3 Å². The Labute approximate surface area is 227 Å². The molecule has 0 aromatic heterocycles. The number of esters is 1. The highest BCUT2D eigenvalue weighted by Gasteiger charge is 2.33. The number of hydrogen-bond acceptors (Lipinski definition) is 6. The summed E-state index contributed by atoms with van der Waals surface area (Å²) >= 11 is 6.06. The lowest BCUT2D eigenvalue weighted by atomic mass is 10.0. The van der Waals surface area contributed by atoms with Crippen molar-refractivity contribution in [2.45, 2.75) is 46.3 Å². The van der Waals surface area contributed by atoms with Crippen LogP contribution < -0.4 is 0 Å². The Morgan fingerprint density at radius 3 is 1.83 bits per heavy atom. The molecule has 0 saturated heterocycles. The maximum atomic E-state index is 13.3. The van der Waals surface area contributed by atoms with E-state index in [2.05, 4.69) is 36.6 Å². The Balaban J connectivity index is 0. The molecule has 0 atom stereocenters. The van der Waals surface area contributed by atoms with Crippen LogP contribution in [0.4, 0.5) is 8.78 Å². The van der Waals surface area contributed by atoms with Crippen molar-refractivity contribution >= 4 is 49.6 Å². The molecule has 0 aliphatic carbocycles. The maximum Gasteiger partial charge on any atom is 0.305 e. The molecule has 202 valence electrons. The number of ether oxygens (including phenoxy) is 3. The predicted octanol–water partition coefficient (Wildman–Crippen LogP) is 6.89. The molecule has 0 aliphatic rings. The topological polar surface area (TPSA) is 99.1 Å². The molecule has 2 aromatic carbocycles. The lowest BCUT2D eigenvalue weighted by Crippen LogP contribution is -2.31. The fourth-order valence-electron chi connectivity index (χ4n) is 2.80. The van der Waals surface area contributed by atoms with Crippen LogP contribution in [-0.4, -0.2) is 44.2 Å². The molecule has 0 radical (unpaired) electrons. The average Bonchev–Trinajstić information content (AvgIpc) is 2.82. The van der Waals surface area contributed by atoms with Gasteiger partial charge in [0.2, 0.25) is 0 Å². The van der Waals surface area contributed by atoms with Gasteiger partial charge in [-0.25, -0.2) is 8.78 Å². The molecule has 0 aliphatic heterocycles. The first-order valence-corrected chi connectivity index (χ1v) is 11.4. The zero-order valence-electron chi connectivity index (χ0n) is 18.7. The standard InChI is InChI=1S/C13H16BrFO4.C10H8BrFO3.2CH4/c1-17-12(16)6-7-13(18-2,19-3)9-4-5-11(15)10(14)8-9;11-7-5-6(1-2-8(7)12)9(13)3-4-10(14)15;;/h4-5,8H,6-7H2,1-3H3;1-2,5H,3-4H2,(H,14,15);2*1H4. The highest BCUT2D eigenvalue weighted by atomic mass is 79.9. The van der Waals surface area contributed by atoms with Crippen molar-refractivity contribution in [3.8, 4) is 0 Å². The second kappa shape index (κ2) is 17.3. The third-order valence-corrected chi connectivity index (χ3v) is 5.93. The van der Waals surface area contributed by atoms with Crippen molar-refractivity contribution in [3.05, 3.63) is 68.1 Å². The van der Waals surface area contributed by atoms with E-state index in [9.17, 15) is 23.2 Å². The Hall–Kier alpha value is -2.21. The molecular weight excluding hydrogens is 610 g/mol. The van der Waals surface area contributed by atoms with Gasteiger partial charge in [0.1, 0.15) is 11.6 Å². The third-order valence-electron chi connectivity index (χ3n) is 4.71. The smallest absolute Gasteiger partial charge is 0.305 e. The van der Waals surface area contributed by atoms with Gasteiger partial charge in [-0.15, -0.1) is 0 Å². The van der Waals surface area contributed by atoms with Crippen molar-refractivity contribution in [1.82, 2.24) is 0 Å². The zero-order valence-corrected chi connectivity index (χ0v) is 21.9. The molecule has 7 nitrogen and oxygen atoms in total. The summed E-state index contributed by atoms with van der Waals surface area (Å²) in [4.78, 5) is 32.9. The van der Waals surface area contributed by atoms with Gasteiger partial charge in [-0.2, -0.15) is 0 Å². The number of hydrogen-bond donors (Lipinski definition) is 1. The van der Waals surface area contributed by atoms with Crippen LogP contribution in [0.3, 0.4) is 0 Å². The van der Waals surface area contributed by atoms with Gasteiger partial charge in [0.05, 0.1) is 28.9 Å². The lowest BCUT2D eigenvalue weighted by molar-refractivity contribution is -0.222. The summed E-state index contributed by atoms with van der Waals surface area (Å²) in [5, 5.41) is 8.39. The fraction of sp³-hybridized carbons (Fsp3) is 0.400. The highest BCUT2D eigenvalue weighted by Crippen LogP contribution is 2.33. The summed E-state index contributed by atoms with van der Waals surface area (Å²) in [6, 6.07) is 8.29. The lowest BCUT2D eigenvalue weighted by Gasteiger charge is -2.31. The number of carboxylic acids is 1. The highest BCUT2D eigenvalue weighted by molar-refractivity contribution is 9.10. The average molecular weight is 642 g/mol. The summed E-state index contributed by atoms with van der Waals surface area (Å²) in [6.07, 6.45) is 0.110. The van der Waals surface area contributed by atoms with E-state index in [4.69, 9.17) is 14.6 Å². The van der Waals surface area contributed by atoms with Gasteiger partial charge >= 0.3 is 11.9 Å². The largest absolute Gasteiger partial charge is 0.481 e. The molecule has 2 rings (SSSR count). The maximum absolute atomic E-state index is 13.3. The number of Topliss-reactive ketones (excluding diaryl/α,β-unsaturated/α-hetero) is 1. The molecule has 0 unspecified atom stereocenters. The third kappa shape index (κ3) is 10.8. The van der Waals surface area contributed by atoms with Crippen molar-refractivity contribution < 1.29 is 42.5 Å². The number of ketones is 1. The van der Waals surface area contributed by atoms with Gasteiger partial charge in [0.25, 0.3) is 0 Å². The Kier molecular flexibility index (Phi) is 17.3. The minimum absolute atomic E-state index is 0. The molecular formula is C25H32Br2F2O7. The van der Waals surface area contributed by atoms with Gasteiger partial charge in [-0.1, -0.05) is 20.9 Å². The normalized spacial score (nSPS) is 10.2. The van der Waals surface area contributed by atoms with Gasteiger partial charge in [-0.3, -0.25) is 14.4 Å². The number of carbonyl (C=O) groups is 3. The number of rotatable bonds is 10. The van der Waals surface area contributed by atoms with Crippen molar-refractivity contribution in [3.63, 3.8) is 0 Å². The van der Waals surface area contributed by atoms with E-state index in [0.717, 1.165) is 6.07 Å². The van der Waals surface area contributed by atoms with Crippen LogP contribution in [0.25, 0.3) is 0 Å². The van der Waals surface area contributed by atoms with Gasteiger partial charge in [0.15, 0.2) is 11.6 Å². The van der Waals surface area contributed by atoms with Gasteiger partial charge in [-0.05, 0) is 62.2 Å². The summed E-state index contributed by atoms with van der Waals surface area (Å²) < 4.78 is 42.0. The molecule has 11 heteroatoms. The molecule has 0 saturated carbocycles. The quantitative estimate of drug-likeness (QED) is 0.171. The molecule has 2 aromatic rings. The summed E-state index contributed by atoms with van der Waals surface area (Å²) in [5.41, 5.74) is 0.930. The number of aliphatic carboxylic acids is 1. The Morgan fingerprint density at radius 2 is 1.39 bits per heavy atom. The van der Waals surface area contributed by atoms with E-state index < -0.39 is 17.6 Å². The van der Waals surface area contributed by atoms with Crippen molar-refractivity contribution in [2.24, 2.45) is 0 Å². The number of methoxy groups -OCH3 is 3. The van der Waals surface area contributed by atoms with E-state index in [1.807, 2.05) is 0 Å². The van der Waals surface area contributed by atoms with Crippen LogP contribution in [0.5, 0.6) is 0 Å². The first kappa shape index (κ1) is 35.9. The molecule has 0 amide bonds. The van der Waals surface area contributed by atoms with E-state index in [1.54, 1.807) is 12.1 Å². The van der Waals surface area contributed by atoms with Crippen LogP contribution in [-0.2, 0) is 29.6 Å².